The van der Waals surface area contributed by atoms with E-state index in [1.54, 1.807) is 0 Å². The van der Waals surface area contributed by atoms with Gasteiger partial charge in [0.2, 0.25) is 5.95 Å². The molecule has 5 nitrogen and oxygen atoms in total. The number of aromatic nitrogens is 2. The Kier molecular flexibility index (Phi) is 3.73. The summed E-state index contributed by atoms with van der Waals surface area (Å²) in [6.45, 7) is 1.78. The van der Waals surface area contributed by atoms with Crippen LogP contribution in [0.2, 0.25) is 0 Å². The highest BCUT2D eigenvalue weighted by Gasteiger charge is 2.19. The minimum absolute atomic E-state index is 0.0888. The predicted octanol–water partition coefficient (Wildman–Crippen LogP) is 1.09. The van der Waals surface area contributed by atoms with E-state index in [-0.39, 0.29) is 11.8 Å². The van der Waals surface area contributed by atoms with Gasteiger partial charge in [-0.25, -0.2) is 9.37 Å². The number of nitrogen functional groups attached to an aromatic ring is 1. The fraction of sp³-hybridized carbons (Fsp3) is 0.636. The average Bonchev–Trinajstić information content (AvgIpc) is 2.32. The summed E-state index contributed by atoms with van der Waals surface area (Å²) in [5, 5.41) is 3.01. The zero-order valence-corrected chi connectivity index (χ0v) is 9.99. The van der Waals surface area contributed by atoms with Crippen LogP contribution < -0.4 is 11.1 Å². The van der Waals surface area contributed by atoms with Gasteiger partial charge >= 0.3 is 0 Å². The quantitative estimate of drug-likeness (QED) is 0.826. The minimum Gasteiger partial charge on any atom is -0.368 e. The Morgan fingerprint density at radius 1 is 1.59 bits per heavy atom. The number of likely N-dealkylation sites (tertiary alicyclic amines) is 1. The van der Waals surface area contributed by atoms with Crippen LogP contribution in [0.25, 0.3) is 0 Å². The molecule has 0 amide bonds. The molecule has 0 aliphatic carbocycles. The molecule has 1 saturated heterocycles. The average molecular weight is 239 g/mol. The lowest BCUT2D eigenvalue weighted by Crippen LogP contribution is -2.41. The highest BCUT2D eigenvalue weighted by Crippen LogP contribution is 2.16. The first kappa shape index (κ1) is 12.0. The molecule has 1 aliphatic heterocycles. The van der Waals surface area contributed by atoms with Crippen molar-refractivity contribution in [1.82, 2.24) is 14.9 Å². The summed E-state index contributed by atoms with van der Waals surface area (Å²) in [4.78, 5) is 9.73. The van der Waals surface area contributed by atoms with Crippen LogP contribution in [0.3, 0.4) is 0 Å². The zero-order chi connectivity index (χ0) is 12.3. The van der Waals surface area contributed by atoms with Gasteiger partial charge in [0.25, 0.3) is 0 Å². The van der Waals surface area contributed by atoms with E-state index in [9.17, 15) is 4.39 Å². The van der Waals surface area contributed by atoms with E-state index in [1.807, 2.05) is 0 Å². The van der Waals surface area contributed by atoms with Crippen molar-refractivity contribution in [2.45, 2.75) is 25.3 Å². The molecule has 0 bridgehead atoms. The fourth-order valence-electron chi connectivity index (χ4n) is 2.12. The van der Waals surface area contributed by atoms with Crippen LogP contribution in [0.1, 0.15) is 19.3 Å². The predicted molar refractivity (Wildman–Crippen MR) is 65.2 cm³/mol. The van der Waals surface area contributed by atoms with Gasteiger partial charge < -0.3 is 16.0 Å². The second kappa shape index (κ2) is 5.27. The maximum absolute atomic E-state index is 13.4. The van der Waals surface area contributed by atoms with Crippen LogP contribution in [0.5, 0.6) is 0 Å². The fourth-order valence-corrected chi connectivity index (χ4v) is 2.12. The van der Waals surface area contributed by atoms with Crippen LogP contribution in [0, 0.1) is 5.82 Å². The number of hydrogen-bond acceptors (Lipinski definition) is 5. The Morgan fingerprint density at radius 2 is 2.41 bits per heavy atom. The summed E-state index contributed by atoms with van der Waals surface area (Å²) in [7, 11) is 2.09. The molecule has 2 rings (SSSR count). The lowest BCUT2D eigenvalue weighted by molar-refractivity contribution is 0.194. The van der Waals surface area contributed by atoms with Crippen molar-refractivity contribution in [2.24, 2.45) is 0 Å². The second-order valence-corrected chi connectivity index (χ2v) is 4.44. The maximum atomic E-state index is 13.4. The Morgan fingerprint density at radius 3 is 3.18 bits per heavy atom. The van der Waals surface area contributed by atoms with Crippen LogP contribution in [0.4, 0.5) is 16.2 Å². The van der Waals surface area contributed by atoms with Crippen LogP contribution >= 0.6 is 0 Å². The summed E-state index contributed by atoms with van der Waals surface area (Å²) in [5.41, 5.74) is 5.42. The monoisotopic (exact) mass is 239 g/mol. The molecule has 3 N–H and O–H groups in total. The van der Waals surface area contributed by atoms with Crippen LogP contribution in [-0.4, -0.2) is 41.0 Å². The molecule has 1 unspecified atom stereocenters. The van der Waals surface area contributed by atoms with Crippen molar-refractivity contribution in [1.29, 1.82) is 0 Å². The van der Waals surface area contributed by atoms with E-state index >= 15 is 0 Å². The molecule has 17 heavy (non-hydrogen) atoms. The third-order valence-corrected chi connectivity index (χ3v) is 3.19. The molecule has 6 heteroatoms. The van der Waals surface area contributed by atoms with E-state index in [0.717, 1.165) is 19.2 Å². The molecular weight excluding hydrogens is 221 g/mol. The lowest BCUT2D eigenvalue weighted by Gasteiger charge is -2.32. The Labute approximate surface area is 100 Å². The number of rotatable bonds is 3. The van der Waals surface area contributed by atoms with Crippen molar-refractivity contribution < 1.29 is 4.39 Å². The number of hydrogen-bond donors (Lipinski definition) is 2. The van der Waals surface area contributed by atoms with Crippen molar-refractivity contribution in [2.75, 3.05) is 31.2 Å². The Balaban J connectivity index is 1.94. The van der Waals surface area contributed by atoms with Gasteiger partial charge in [-0.15, -0.1) is 0 Å². The molecule has 1 aliphatic rings. The number of nitrogens with zero attached hydrogens (tertiary/aromatic N) is 3. The van der Waals surface area contributed by atoms with Gasteiger partial charge in [-0.05, 0) is 26.4 Å². The summed E-state index contributed by atoms with van der Waals surface area (Å²) >= 11 is 0. The molecule has 1 aromatic rings. The third kappa shape index (κ3) is 3.03. The maximum Gasteiger partial charge on any atom is 0.222 e. The summed E-state index contributed by atoms with van der Waals surface area (Å²) in [5.74, 6) is -0.181. The van der Waals surface area contributed by atoms with Crippen LogP contribution in [-0.2, 0) is 0 Å². The van der Waals surface area contributed by atoms with E-state index in [1.165, 1.54) is 12.8 Å². The van der Waals surface area contributed by atoms with Crippen molar-refractivity contribution in [3.63, 3.8) is 0 Å². The van der Waals surface area contributed by atoms with Crippen LogP contribution in [0.15, 0.2) is 6.20 Å². The molecular formula is C11H18FN5. The molecule has 0 saturated carbocycles. The van der Waals surface area contributed by atoms with E-state index < -0.39 is 5.82 Å². The smallest absolute Gasteiger partial charge is 0.222 e. The molecule has 1 fully saturated rings. The molecule has 1 atom stereocenters. The van der Waals surface area contributed by atoms with Gasteiger partial charge in [0.1, 0.15) is 0 Å². The van der Waals surface area contributed by atoms with Gasteiger partial charge in [0.05, 0.1) is 6.20 Å². The number of nitrogens with two attached hydrogens (primary N) is 1. The van der Waals surface area contributed by atoms with Crippen molar-refractivity contribution in [3.05, 3.63) is 12.0 Å². The normalized spacial score (nSPS) is 21.4. The first-order chi connectivity index (χ1) is 8.16. The number of likely N-dealkylation sites (N-methyl/N-ethyl adjacent to an activating group) is 1. The number of piperidine rings is 1. The summed E-state index contributed by atoms with van der Waals surface area (Å²) in [6.07, 6.45) is 4.69. The highest BCUT2D eigenvalue weighted by atomic mass is 19.1. The Bertz CT molecular complexity index is 384. The van der Waals surface area contributed by atoms with E-state index in [2.05, 4.69) is 27.2 Å². The number of anilines is 2. The van der Waals surface area contributed by atoms with Crippen molar-refractivity contribution in [3.8, 4) is 0 Å². The van der Waals surface area contributed by atoms with Gasteiger partial charge in [0.15, 0.2) is 11.6 Å². The molecule has 94 valence electrons. The topological polar surface area (TPSA) is 67.1 Å². The molecule has 1 aromatic heterocycles. The zero-order valence-electron chi connectivity index (χ0n) is 9.99. The van der Waals surface area contributed by atoms with Gasteiger partial charge in [-0.3, -0.25) is 0 Å². The van der Waals surface area contributed by atoms with E-state index in [0.29, 0.717) is 12.6 Å². The number of nitrogens with one attached hydrogen (secondary N) is 1. The SMILES string of the molecule is CN1CCCCC1CNc1nc(N)ncc1F. The molecule has 0 radical (unpaired) electrons. The molecule has 0 aromatic carbocycles. The number of halogens is 1. The molecule has 2 heterocycles. The summed E-state index contributed by atoms with van der Waals surface area (Å²) in [6, 6.07) is 0.430. The van der Waals surface area contributed by atoms with Gasteiger partial charge in [-0.1, -0.05) is 6.42 Å². The lowest BCUT2D eigenvalue weighted by atomic mass is 10.0. The first-order valence-electron chi connectivity index (χ1n) is 5.89. The standard InChI is InChI=1S/C11H18FN5/c1-17-5-3-2-4-8(17)6-14-10-9(12)7-15-11(13)16-10/h7-8H,2-6H2,1H3,(H3,13,14,15,16). The van der Waals surface area contributed by atoms with E-state index in [4.69, 9.17) is 5.73 Å². The first-order valence-corrected chi connectivity index (χ1v) is 5.89. The minimum atomic E-state index is -0.460. The summed E-state index contributed by atoms with van der Waals surface area (Å²) < 4.78 is 13.4. The van der Waals surface area contributed by atoms with Gasteiger partial charge in [-0.2, -0.15) is 4.98 Å². The highest BCUT2D eigenvalue weighted by molar-refractivity contribution is 5.39. The largest absolute Gasteiger partial charge is 0.368 e. The Hall–Kier alpha value is -1.43. The third-order valence-electron chi connectivity index (χ3n) is 3.19. The molecule has 0 spiro atoms. The van der Waals surface area contributed by atoms with Gasteiger partial charge in [0, 0.05) is 12.6 Å². The van der Waals surface area contributed by atoms with Crippen molar-refractivity contribution >= 4 is 11.8 Å². The second-order valence-electron chi connectivity index (χ2n) is 4.44.